The maximum Gasteiger partial charge on any atom is 0.522 e. The number of nitrogens with zero attached hydrogens (tertiary/aromatic N) is 1. The van der Waals surface area contributed by atoms with Crippen LogP contribution in [0.25, 0.3) is 11.0 Å². The number of morpholine rings is 1. The number of amides is 1. The van der Waals surface area contributed by atoms with Gasteiger partial charge in [-0.3, -0.25) is 4.79 Å². The summed E-state index contributed by atoms with van der Waals surface area (Å²) in [6.07, 6.45) is -1.23. The van der Waals surface area contributed by atoms with Crippen LogP contribution in [-0.4, -0.2) is 43.8 Å². The Hall–Kier alpha value is -3.36. The zero-order chi connectivity index (χ0) is 21.3. The Morgan fingerprint density at radius 1 is 1.17 bits per heavy atom. The molecule has 3 unspecified atom stereocenters. The highest BCUT2D eigenvalue weighted by Crippen LogP contribution is 2.37. The molecule has 4 rings (SSSR count). The minimum Gasteiger partial charge on any atom is -0.493 e. The van der Waals surface area contributed by atoms with Crippen molar-refractivity contribution in [1.29, 1.82) is 0 Å². The molecule has 1 saturated heterocycles. The molecule has 1 aromatic heterocycles. The second kappa shape index (κ2) is 7.81. The van der Waals surface area contributed by atoms with Crippen molar-refractivity contribution in [3.8, 4) is 11.5 Å². The Balaban J connectivity index is 1.86. The number of carbonyl (C=O) groups is 1. The number of methoxy groups -OCH3 is 1. The highest BCUT2D eigenvalue weighted by Gasteiger charge is 2.54. The van der Waals surface area contributed by atoms with Crippen molar-refractivity contribution in [2.24, 2.45) is 0 Å². The summed E-state index contributed by atoms with van der Waals surface area (Å²) in [5.74, 6) is 0.904. The number of hydrogen-bond donors (Lipinski definition) is 1. The summed E-state index contributed by atoms with van der Waals surface area (Å²) in [6.45, 7) is 2.15. The molecule has 1 N–H and O–H groups in total. The number of ether oxygens (including phenoxy) is 3. The third-order valence-corrected chi connectivity index (χ3v) is 5.42. The normalized spacial score (nSPS) is 23.8. The zero-order valence-electron chi connectivity index (χ0n) is 16.6. The Bertz CT molecular complexity index is 1140. The van der Waals surface area contributed by atoms with Gasteiger partial charge in [0.15, 0.2) is 16.9 Å². The number of quaternary nitrogens is 1. The summed E-state index contributed by atoms with van der Waals surface area (Å²) < 4.78 is 22.3. The molecular weight excluding hydrogens is 390 g/mol. The van der Waals surface area contributed by atoms with Crippen molar-refractivity contribution in [3.63, 3.8) is 0 Å². The molecule has 0 aliphatic carbocycles. The van der Waals surface area contributed by atoms with Crippen LogP contribution >= 0.6 is 0 Å². The summed E-state index contributed by atoms with van der Waals surface area (Å²) in [7, 11) is 1.52. The van der Waals surface area contributed by atoms with E-state index in [1.165, 1.54) is 19.4 Å². The van der Waals surface area contributed by atoms with E-state index < -0.39 is 22.9 Å². The molecule has 1 aliphatic rings. The lowest BCUT2D eigenvalue weighted by molar-refractivity contribution is -0.119. The first-order chi connectivity index (χ1) is 14.5. The first kappa shape index (κ1) is 19.9. The van der Waals surface area contributed by atoms with E-state index >= 15 is 0 Å². The number of carboxylic acid groups (broad SMARTS) is 1. The van der Waals surface area contributed by atoms with Gasteiger partial charge in [-0.25, -0.2) is 0 Å². The molecule has 8 nitrogen and oxygen atoms in total. The first-order valence-corrected chi connectivity index (χ1v) is 9.52. The van der Waals surface area contributed by atoms with Gasteiger partial charge >= 0.3 is 6.09 Å². The molecule has 30 heavy (non-hydrogen) atoms. The summed E-state index contributed by atoms with van der Waals surface area (Å²) in [5.41, 5.74) is 0.551. The van der Waals surface area contributed by atoms with Gasteiger partial charge in [0.05, 0.1) is 25.4 Å². The van der Waals surface area contributed by atoms with Crippen molar-refractivity contribution in [2.75, 3.05) is 20.3 Å². The fraction of sp³-hybridized carbons (Fsp3) is 0.273. The van der Waals surface area contributed by atoms with Crippen molar-refractivity contribution < 1.29 is 28.5 Å². The highest BCUT2D eigenvalue weighted by atomic mass is 16.6. The zero-order valence-corrected chi connectivity index (χ0v) is 16.6. The van der Waals surface area contributed by atoms with E-state index in [0.29, 0.717) is 28.2 Å². The second-order valence-electron chi connectivity index (χ2n) is 7.08. The van der Waals surface area contributed by atoms with Gasteiger partial charge in [0.25, 0.3) is 6.23 Å². The van der Waals surface area contributed by atoms with Gasteiger partial charge in [-0.2, -0.15) is 9.28 Å². The van der Waals surface area contributed by atoms with Gasteiger partial charge in [-0.1, -0.05) is 12.1 Å². The monoisotopic (exact) mass is 412 g/mol. The summed E-state index contributed by atoms with van der Waals surface area (Å²) in [5, 5.41) is 10.8. The Morgan fingerprint density at radius 2 is 1.93 bits per heavy atom. The predicted molar refractivity (Wildman–Crippen MR) is 110 cm³/mol. The number of benzene rings is 2. The maximum absolute atomic E-state index is 12.7. The molecule has 0 bridgehead atoms. The minimum atomic E-state index is -1.09. The van der Waals surface area contributed by atoms with Gasteiger partial charge < -0.3 is 23.7 Å². The molecular formula is C22H22NO7+. The molecule has 1 fully saturated rings. The number of fused-ring (bicyclic) bond motifs is 1. The van der Waals surface area contributed by atoms with Crippen LogP contribution in [0.4, 0.5) is 10.5 Å². The quantitative estimate of drug-likeness (QED) is 0.654. The van der Waals surface area contributed by atoms with Crippen LogP contribution in [0.5, 0.6) is 11.5 Å². The summed E-state index contributed by atoms with van der Waals surface area (Å²) in [4.78, 5) is 24.8. The van der Waals surface area contributed by atoms with E-state index in [9.17, 15) is 14.7 Å². The average molecular weight is 412 g/mol. The van der Waals surface area contributed by atoms with Gasteiger partial charge in [-0.15, -0.1) is 0 Å². The third kappa shape index (κ3) is 3.20. The molecule has 3 atom stereocenters. The number of hydrogen-bond acceptors (Lipinski definition) is 6. The fourth-order valence-electron chi connectivity index (χ4n) is 3.89. The van der Waals surface area contributed by atoms with Crippen LogP contribution < -0.4 is 19.4 Å². The van der Waals surface area contributed by atoms with Crippen molar-refractivity contribution in [3.05, 3.63) is 65.0 Å². The standard InChI is InChI=1S/C22H21NO7/c1-14-21(30-19-6-4-3-5-18(19)27-2)23(22(25)26,10-12-28-14)15-7-8-16-17(24)9-11-29-20(16)13-15/h3-9,11,13-14,21H,10,12H2,1-2H3/p+1. The van der Waals surface area contributed by atoms with Gasteiger partial charge in [0.1, 0.15) is 23.9 Å². The van der Waals surface area contributed by atoms with Gasteiger partial charge in [0, 0.05) is 18.2 Å². The lowest BCUT2D eigenvalue weighted by atomic mass is 10.1. The SMILES string of the molecule is COc1ccccc1OC1C(C)OCC[N+]1(C(=O)O)c1ccc2c(=O)ccoc2c1. The lowest BCUT2D eigenvalue weighted by Gasteiger charge is -2.44. The first-order valence-electron chi connectivity index (χ1n) is 9.52. The number of rotatable bonds is 4. The average Bonchev–Trinajstić information content (AvgIpc) is 2.75. The fourth-order valence-corrected chi connectivity index (χ4v) is 3.89. The Kier molecular flexibility index (Phi) is 5.19. The molecule has 1 aliphatic heterocycles. The minimum absolute atomic E-state index is 0.141. The second-order valence-corrected chi connectivity index (χ2v) is 7.08. The van der Waals surface area contributed by atoms with Crippen molar-refractivity contribution in [2.45, 2.75) is 19.3 Å². The smallest absolute Gasteiger partial charge is 0.493 e. The van der Waals surface area contributed by atoms with E-state index in [2.05, 4.69) is 0 Å². The van der Waals surface area contributed by atoms with E-state index in [4.69, 9.17) is 18.6 Å². The van der Waals surface area contributed by atoms with Crippen LogP contribution in [0, 0.1) is 0 Å². The van der Waals surface area contributed by atoms with Crippen LogP contribution in [0.1, 0.15) is 6.92 Å². The van der Waals surface area contributed by atoms with Crippen molar-refractivity contribution >= 4 is 22.7 Å². The molecule has 156 valence electrons. The predicted octanol–water partition coefficient (Wildman–Crippen LogP) is 3.61. The molecule has 8 heteroatoms. The molecule has 1 amide bonds. The van der Waals surface area contributed by atoms with E-state index in [-0.39, 0.29) is 18.6 Å². The number of para-hydroxylation sites is 2. The summed E-state index contributed by atoms with van der Waals surface area (Å²) in [6, 6.07) is 13.2. The third-order valence-electron chi connectivity index (χ3n) is 5.42. The van der Waals surface area contributed by atoms with Crippen molar-refractivity contribution in [1.82, 2.24) is 4.48 Å². The van der Waals surface area contributed by atoms with Gasteiger partial charge in [0.2, 0.25) is 0 Å². The highest BCUT2D eigenvalue weighted by molar-refractivity contribution is 5.87. The summed E-state index contributed by atoms with van der Waals surface area (Å²) >= 11 is 0. The molecule has 2 aromatic carbocycles. The van der Waals surface area contributed by atoms with Crippen LogP contribution in [0.2, 0.25) is 0 Å². The van der Waals surface area contributed by atoms with Gasteiger partial charge in [-0.05, 0) is 25.1 Å². The largest absolute Gasteiger partial charge is 0.522 e. The van der Waals surface area contributed by atoms with E-state index in [1.54, 1.807) is 49.4 Å². The molecule has 0 spiro atoms. The van der Waals surface area contributed by atoms with Crippen LogP contribution in [-0.2, 0) is 4.74 Å². The molecule has 0 saturated carbocycles. The molecule has 3 aromatic rings. The maximum atomic E-state index is 12.7. The topological polar surface area (TPSA) is 95.2 Å². The van der Waals surface area contributed by atoms with Crippen LogP contribution in [0.15, 0.2) is 64.0 Å². The van der Waals surface area contributed by atoms with Crippen LogP contribution in [0.3, 0.4) is 0 Å². The molecule has 0 radical (unpaired) electrons. The van der Waals surface area contributed by atoms with E-state index in [1.807, 2.05) is 0 Å². The van der Waals surface area contributed by atoms with E-state index in [0.717, 1.165) is 0 Å². The molecule has 2 heterocycles. The Labute approximate surface area is 172 Å². The Morgan fingerprint density at radius 3 is 2.67 bits per heavy atom. The lowest BCUT2D eigenvalue weighted by Crippen LogP contribution is -2.70.